The molecule has 0 radical (unpaired) electrons. The zero-order valence-corrected chi connectivity index (χ0v) is 14.3. The summed E-state index contributed by atoms with van der Waals surface area (Å²) in [7, 11) is 0. The number of benzene rings is 1. The predicted molar refractivity (Wildman–Crippen MR) is 86.9 cm³/mol. The van der Waals surface area contributed by atoms with E-state index >= 15 is 0 Å². The molecule has 1 fully saturated rings. The fourth-order valence-corrected chi connectivity index (χ4v) is 2.45. The minimum atomic E-state index is -1.70. The summed E-state index contributed by atoms with van der Waals surface area (Å²) >= 11 is 0. The molecule has 0 aliphatic carbocycles. The molecule has 1 aliphatic heterocycles. The van der Waals surface area contributed by atoms with E-state index in [4.69, 9.17) is 16.0 Å². The van der Waals surface area contributed by atoms with Gasteiger partial charge in [-0.2, -0.15) is 0 Å². The number of rotatable bonds is 3. The summed E-state index contributed by atoms with van der Waals surface area (Å²) in [5.74, 6) is -0.658. The number of aliphatic hydroxyl groups excluding tert-OH is 1. The maximum atomic E-state index is 13.7. The van der Waals surface area contributed by atoms with Gasteiger partial charge in [-0.1, -0.05) is 0 Å². The average Bonchev–Trinajstić information content (AvgIpc) is 2.84. The Bertz CT molecular complexity index is 697. The number of carbonyl (C=O) groups is 1. The van der Waals surface area contributed by atoms with Gasteiger partial charge in [-0.05, 0) is 32.9 Å². The van der Waals surface area contributed by atoms with Gasteiger partial charge in [-0.15, -0.1) is 0 Å². The van der Waals surface area contributed by atoms with E-state index in [2.05, 4.69) is 4.85 Å². The van der Waals surface area contributed by atoms with Crippen molar-refractivity contribution in [3.8, 4) is 5.75 Å². The SMILES string of the molecule is [C-]#[N+]c1ccc(O[C@H]2CN(C(=O)OC(C)(C)C)C[C@@]2(O)CO)cc1F. The van der Waals surface area contributed by atoms with Crippen LogP contribution in [0.1, 0.15) is 20.8 Å². The molecule has 0 aromatic heterocycles. The third-order valence-electron chi connectivity index (χ3n) is 3.69. The van der Waals surface area contributed by atoms with Crippen LogP contribution >= 0.6 is 0 Å². The molecule has 2 N–H and O–H groups in total. The van der Waals surface area contributed by atoms with Crippen LogP contribution in [0.4, 0.5) is 14.9 Å². The Morgan fingerprint density at radius 3 is 2.72 bits per heavy atom. The fourth-order valence-electron chi connectivity index (χ4n) is 2.45. The van der Waals surface area contributed by atoms with Crippen LogP contribution in [0.15, 0.2) is 18.2 Å². The second kappa shape index (κ2) is 6.86. The van der Waals surface area contributed by atoms with Crippen molar-refractivity contribution in [3.05, 3.63) is 35.4 Å². The van der Waals surface area contributed by atoms with Gasteiger partial charge in [0.1, 0.15) is 28.9 Å². The van der Waals surface area contributed by atoms with Gasteiger partial charge in [-0.3, -0.25) is 0 Å². The Balaban J connectivity index is 2.15. The number of ether oxygens (including phenoxy) is 2. The number of nitrogens with zero attached hydrogens (tertiary/aromatic N) is 2. The Kier molecular flexibility index (Phi) is 5.20. The molecule has 0 bridgehead atoms. The molecule has 1 aromatic carbocycles. The van der Waals surface area contributed by atoms with Gasteiger partial charge in [0.05, 0.1) is 26.3 Å². The maximum Gasteiger partial charge on any atom is 0.410 e. The molecule has 1 heterocycles. The zero-order chi connectivity index (χ0) is 18.8. The first-order valence-corrected chi connectivity index (χ1v) is 7.73. The van der Waals surface area contributed by atoms with Crippen LogP contribution in [0, 0.1) is 12.4 Å². The topological polar surface area (TPSA) is 83.6 Å². The highest BCUT2D eigenvalue weighted by Crippen LogP contribution is 2.30. The van der Waals surface area contributed by atoms with Gasteiger partial charge >= 0.3 is 6.09 Å². The first-order valence-electron chi connectivity index (χ1n) is 7.73. The van der Waals surface area contributed by atoms with Crippen LogP contribution in [-0.4, -0.2) is 58.2 Å². The Hall–Kier alpha value is -2.37. The Morgan fingerprint density at radius 1 is 1.52 bits per heavy atom. The summed E-state index contributed by atoms with van der Waals surface area (Å²) in [6, 6.07) is 3.68. The monoisotopic (exact) mass is 352 g/mol. The molecule has 1 amide bonds. The number of hydrogen-bond acceptors (Lipinski definition) is 5. The van der Waals surface area contributed by atoms with E-state index in [0.29, 0.717) is 0 Å². The summed E-state index contributed by atoms with van der Waals surface area (Å²) < 4.78 is 24.5. The molecule has 0 spiro atoms. The molecule has 1 saturated heterocycles. The predicted octanol–water partition coefficient (Wildman–Crippen LogP) is 2.10. The molecule has 2 atom stereocenters. The number of likely N-dealkylation sites (tertiary alicyclic amines) is 1. The molecular formula is C17H21FN2O5. The third kappa shape index (κ3) is 4.38. The number of amides is 1. The smallest absolute Gasteiger partial charge is 0.410 e. The van der Waals surface area contributed by atoms with E-state index in [1.807, 2.05) is 0 Å². The first kappa shape index (κ1) is 19.0. The van der Waals surface area contributed by atoms with E-state index in [-0.39, 0.29) is 24.5 Å². The van der Waals surface area contributed by atoms with Crippen LogP contribution in [0.3, 0.4) is 0 Å². The van der Waals surface area contributed by atoms with Gasteiger partial charge in [0, 0.05) is 6.07 Å². The van der Waals surface area contributed by atoms with E-state index in [1.165, 1.54) is 17.0 Å². The van der Waals surface area contributed by atoms with E-state index < -0.39 is 35.8 Å². The Labute approximate surface area is 145 Å². The number of hydrogen-bond donors (Lipinski definition) is 2. The molecular weight excluding hydrogens is 331 g/mol. The minimum absolute atomic E-state index is 0.0296. The highest BCUT2D eigenvalue weighted by atomic mass is 19.1. The summed E-state index contributed by atoms with van der Waals surface area (Å²) in [5.41, 5.74) is -2.55. The van der Waals surface area contributed by atoms with Crippen molar-refractivity contribution in [2.75, 3.05) is 19.7 Å². The van der Waals surface area contributed by atoms with Crippen molar-refractivity contribution in [2.24, 2.45) is 0 Å². The lowest BCUT2D eigenvalue weighted by Crippen LogP contribution is -2.48. The van der Waals surface area contributed by atoms with Crippen LogP contribution < -0.4 is 4.74 Å². The maximum absolute atomic E-state index is 13.7. The highest BCUT2D eigenvalue weighted by molar-refractivity contribution is 5.69. The van der Waals surface area contributed by atoms with E-state index in [1.54, 1.807) is 20.8 Å². The van der Waals surface area contributed by atoms with Gasteiger partial charge < -0.3 is 24.6 Å². The Morgan fingerprint density at radius 2 is 2.20 bits per heavy atom. The highest BCUT2D eigenvalue weighted by Gasteiger charge is 2.49. The molecule has 25 heavy (non-hydrogen) atoms. The van der Waals surface area contributed by atoms with Gasteiger partial charge in [-0.25, -0.2) is 14.0 Å². The fraction of sp³-hybridized carbons (Fsp3) is 0.529. The minimum Gasteiger partial charge on any atom is -0.485 e. The standard InChI is InChI=1S/C17H21FN2O5/c1-16(2,3)25-15(22)20-8-14(17(23,9-20)10-21)24-11-5-6-13(19-4)12(18)7-11/h5-7,14,21,23H,8-10H2,1-3H3/t14-,17+/m0/s1. The second-order valence-electron chi connectivity index (χ2n) is 6.95. The molecule has 2 rings (SSSR count). The molecule has 8 heteroatoms. The van der Waals surface area contributed by atoms with Crippen molar-refractivity contribution in [1.82, 2.24) is 4.90 Å². The zero-order valence-electron chi connectivity index (χ0n) is 14.3. The first-order chi connectivity index (χ1) is 11.6. The lowest BCUT2D eigenvalue weighted by atomic mass is 10.0. The molecule has 7 nitrogen and oxygen atoms in total. The van der Waals surface area contributed by atoms with Crippen LogP contribution in [0.5, 0.6) is 5.75 Å². The van der Waals surface area contributed by atoms with Crippen molar-refractivity contribution < 1.29 is 28.9 Å². The molecule has 1 aliphatic rings. The molecule has 0 saturated carbocycles. The number of aliphatic hydroxyl groups is 2. The van der Waals surface area contributed by atoms with Crippen LogP contribution in [0.2, 0.25) is 0 Å². The molecule has 1 aromatic rings. The number of halogens is 1. The summed E-state index contributed by atoms with van der Waals surface area (Å²) in [5, 5.41) is 20.1. The molecule has 0 unspecified atom stereocenters. The summed E-state index contributed by atoms with van der Waals surface area (Å²) in [6.07, 6.45) is -1.61. The molecule has 136 valence electrons. The average molecular weight is 352 g/mol. The van der Waals surface area contributed by atoms with Gasteiger partial charge in [0.2, 0.25) is 5.69 Å². The summed E-state index contributed by atoms with van der Waals surface area (Å²) in [6.45, 7) is 11.1. The quantitative estimate of drug-likeness (QED) is 0.814. The lowest BCUT2D eigenvalue weighted by Gasteiger charge is -2.27. The van der Waals surface area contributed by atoms with Crippen LogP contribution in [0.25, 0.3) is 4.85 Å². The number of carbonyl (C=O) groups excluding carboxylic acids is 1. The largest absolute Gasteiger partial charge is 0.485 e. The van der Waals surface area contributed by atoms with Gasteiger partial charge in [0.15, 0.2) is 0 Å². The van der Waals surface area contributed by atoms with Crippen molar-refractivity contribution in [3.63, 3.8) is 0 Å². The van der Waals surface area contributed by atoms with Gasteiger partial charge in [0.25, 0.3) is 0 Å². The second-order valence-corrected chi connectivity index (χ2v) is 6.95. The normalized spacial score (nSPS) is 23.2. The summed E-state index contributed by atoms with van der Waals surface area (Å²) in [4.78, 5) is 16.4. The van der Waals surface area contributed by atoms with E-state index in [9.17, 15) is 19.4 Å². The van der Waals surface area contributed by atoms with Crippen molar-refractivity contribution in [1.29, 1.82) is 0 Å². The van der Waals surface area contributed by atoms with Crippen LogP contribution in [-0.2, 0) is 4.74 Å². The van der Waals surface area contributed by atoms with E-state index in [0.717, 1.165) is 6.07 Å². The van der Waals surface area contributed by atoms with Crippen molar-refractivity contribution in [2.45, 2.75) is 38.1 Å². The number of β-amino-alcohol motifs (C(OH)–C–C–N with tert-alkyl or cyclic N) is 1. The lowest BCUT2D eigenvalue weighted by molar-refractivity contribution is -0.0653. The van der Waals surface area contributed by atoms with Crippen molar-refractivity contribution >= 4 is 11.8 Å². The third-order valence-corrected chi connectivity index (χ3v) is 3.69.